The molecule has 0 unspecified atom stereocenters. The Labute approximate surface area is 153 Å². The smallest absolute Gasteiger partial charge is 0.244 e. The first-order chi connectivity index (χ1) is 12.7. The fourth-order valence-electron chi connectivity index (χ4n) is 2.43. The Morgan fingerprint density at radius 3 is 2.96 bits per heavy atom. The molecule has 0 aliphatic rings. The van der Waals surface area contributed by atoms with Crippen molar-refractivity contribution < 1.29 is 9.21 Å². The van der Waals surface area contributed by atoms with Gasteiger partial charge in [0.2, 0.25) is 5.91 Å². The number of furan rings is 1. The van der Waals surface area contributed by atoms with Crippen LogP contribution in [0.5, 0.6) is 0 Å². The number of aryl methyl sites for hydroxylation is 1. The second-order valence-corrected chi connectivity index (χ2v) is 6.40. The number of carbonyl (C=O) groups is 1. The van der Waals surface area contributed by atoms with Crippen molar-refractivity contribution >= 4 is 29.0 Å². The zero-order chi connectivity index (χ0) is 17.9. The molecule has 0 radical (unpaired) electrons. The van der Waals surface area contributed by atoms with Crippen molar-refractivity contribution in [3.05, 3.63) is 64.5 Å². The molecule has 0 aromatic carbocycles. The summed E-state index contributed by atoms with van der Waals surface area (Å²) in [5.41, 5.74) is 2.51. The van der Waals surface area contributed by atoms with Crippen molar-refractivity contribution in [2.75, 3.05) is 0 Å². The second kappa shape index (κ2) is 6.93. The molecule has 7 nitrogen and oxygen atoms in total. The van der Waals surface area contributed by atoms with E-state index in [0.717, 1.165) is 17.0 Å². The Hall–Kier alpha value is -3.26. The molecular weight excluding hydrogens is 350 g/mol. The average Bonchev–Trinajstić information content (AvgIpc) is 3.38. The number of fused-ring (bicyclic) bond motifs is 1. The molecule has 130 valence electrons. The van der Waals surface area contributed by atoms with E-state index in [4.69, 9.17) is 4.42 Å². The van der Waals surface area contributed by atoms with Gasteiger partial charge in [0.15, 0.2) is 11.5 Å². The summed E-state index contributed by atoms with van der Waals surface area (Å²) < 4.78 is 7.03. The highest BCUT2D eigenvalue weighted by Gasteiger charge is 2.09. The van der Waals surface area contributed by atoms with Gasteiger partial charge >= 0.3 is 0 Å². The number of rotatable bonds is 5. The molecule has 0 aliphatic carbocycles. The van der Waals surface area contributed by atoms with Crippen LogP contribution < -0.4 is 5.32 Å². The maximum absolute atomic E-state index is 12.0. The van der Waals surface area contributed by atoms with E-state index in [1.54, 1.807) is 28.0 Å². The molecule has 8 heteroatoms. The lowest BCUT2D eigenvalue weighted by atomic mass is 10.2. The molecule has 4 aromatic heterocycles. The monoisotopic (exact) mass is 365 g/mol. The molecule has 0 atom stereocenters. The number of hydrogen-bond acceptors (Lipinski definition) is 6. The third-order valence-corrected chi connectivity index (χ3v) is 4.41. The number of carbonyl (C=O) groups excluding carboxylic acids is 1. The highest BCUT2D eigenvalue weighted by atomic mass is 32.1. The number of nitrogens with one attached hydrogen (secondary N) is 1. The van der Waals surface area contributed by atoms with Gasteiger partial charge in [0.25, 0.3) is 0 Å². The van der Waals surface area contributed by atoms with Crippen LogP contribution in [-0.4, -0.2) is 25.7 Å². The van der Waals surface area contributed by atoms with E-state index < -0.39 is 0 Å². The van der Waals surface area contributed by atoms with Crippen LogP contribution in [0.4, 0.5) is 0 Å². The van der Waals surface area contributed by atoms with E-state index in [2.05, 4.69) is 20.6 Å². The number of nitrogens with zero attached hydrogens (tertiary/aromatic N) is 4. The maximum Gasteiger partial charge on any atom is 0.244 e. The fourth-order valence-corrected chi connectivity index (χ4v) is 3.08. The highest BCUT2D eigenvalue weighted by Crippen LogP contribution is 2.20. The van der Waals surface area contributed by atoms with Gasteiger partial charge in [0, 0.05) is 17.0 Å². The van der Waals surface area contributed by atoms with E-state index in [9.17, 15) is 4.79 Å². The number of aromatic nitrogens is 4. The molecule has 1 N–H and O–H groups in total. The summed E-state index contributed by atoms with van der Waals surface area (Å²) in [4.78, 5) is 12.0. The van der Waals surface area contributed by atoms with E-state index >= 15 is 0 Å². The minimum absolute atomic E-state index is 0.224. The Bertz CT molecular complexity index is 1080. The third kappa shape index (κ3) is 3.40. The Kier molecular flexibility index (Phi) is 4.32. The van der Waals surface area contributed by atoms with E-state index in [0.29, 0.717) is 17.2 Å². The molecule has 26 heavy (non-hydrogen) atoms. The summed E-state index contributed by atoms with van der Waals surface area (Å²) in [5.74, 6) is 1.75. The molecule has 0 spiro atoms. The van der Waals surface area contributed by atoms with Crippen LogP contribution in [-0.2, 0) is 11.3 Å². The molecule has 4 heterocycles. The van der Waals surface area contributed by atoms with Crippen LogP contribution in [0.1, 0.15) is 17.3 Å². The van der Waals surface area contributed by atoms with Gasteiger partial charge in [0.05, 0.1) is 12.2 Å². The van der Waals surface area contributed by atoms with Crippen LogP contribution in [0, 0.1) is 6.92 Å². The SMILES string of the molecule is Cc1ccc(/C=C/C(=O)NCc2nnc3ccc(-c4ccsc4)nn23)o1. The van der Waals surface area contributed by atoms with Crippen molar-refractivity contribution in [2.24, 2.45) is 0 Å². The first-order valence-corrected chi connectivity index (χ1v) is 8.89. The summed E-state index contributed by atoms with van der Waals surface area (Å²) in [5, 5.41) is 19.6. The first-order valence-electron chi connectivity index (χ1n) is 7.95. The summed E-state index contributed by atoms with van der Waals surface area (Å²) in [7, 11) is 0. The standard InChI is InChI=1S/C18H15N5O2S/c1-12-2-3-14(25-12)4-7-18(24)19-10-17-21-20-16-6-5-15(22-23(16)17)13-8-9-26-11-13/h2-9,11H,10H2,1H3,(H,19,24)/b7-4+. The zero-order valence-electron chi connectivity index (χ0n) is 13.9. The summed E-state index contributed by atoms with van der Waals surface area (Å²) in [6.07, 6.45) is 3.04. The number of hydrogen-bond donors (Lipinski definition) is 1. The Morgan fingerprint density at radius 2 is 2.19 bits per heavy atom. The normalized spacial score (nSPS) is 11.4. The second-order valence-electron chi connectivity index (χ2n) is 5.62. The summed E-state index contributed by atoms with van der Waals surface area (Å²) >= 11 is 1.61. The Balaban J connectivity index is 1.47. The fraction of sp³-hybridized carbons (Fsp3) is 0.111. The summed E-state index contributed by atoms with van der Waals surface area (Å²) in [6, 6.07) is 9.42. The maximum atomic E-state index is 12.0. The van der Waals surface area contributed by atoms with Crippen LogP contribution in [0.3, 0.4) is 0 Å². The molecule has 0 aliphatic heterocycles. The van der Waals surface area contributed by atoms with Gasteiger partial charge in [-0.2, -0.15) is 21.0 Å². The molecule has 1 amide bonds. The van der Waals surface area contributed by atoms with Gasteiger partial charge in [-0.3, -0.25) is 4.79 Å². The minimum Gasteiger partial charge on any atom is -0.462 e. The van der Waals surface area contributed by atoms with Crippen molar-refractivity contribution in [3.8, 4) is 11.3 Å². The quantitative estimate of drug-likeness (QED) is 0.549. The van der Waals surface area contributed by atoms with Crippen LogP contribution in [0.25, 0.3) is 23.0 Å². The predicted octanol–water partition coefficient (Wildman–Crippen LogP) is 3.08. The van der Waals surface area contributed by atoms with E-state index in [1.807, 2.05) is 41.9 Å². The number of thiophene rings is 1. The molecule has 4 aromatic rings. The van der Waals surface area contributed by atoms with Crippen molar-refractivity contribution in [3.63, 3.8) is 0 Å². The molecule has 4 rings (SSSR count). The predicted molar refractivity (Wildman–Crippen MR) is 98.4 cm³/mol. The van der Waals surface area contributed by atoms with Gasteiger partial charge in [0.1, 0.15) is 11.5 Å². The summed E-state index contributed by atoms with van der Waals surface area (Å²) in [6.45, 7) is 2.08. The van der Waals surface area contributed by atoms with Gasteiger partial charge in [-0.05, 0) is 48.7 Å². The largest absolute Gasteiger partial charge is 0.462 e. The van der Waals surface area contributed by atoms with E-state index in [-0.39, 0.29) is 12.5 Å². The average molecular weight is 365 g/mol. The van der Waals surface area contributed by atoms with Crippen LogP contribution >= 0.6 is 11.3 Å². The van der Waals surface area contributed by atoms with Gasteiger partial charge in [-0.15, -0.1) is 10.2 Å². The van der Waals surface area contributed by atoms with Gasteiger partial charge in [-0.1, -0.05) is 0 Å². The third-order valence-electron chi connectivity index (χ3n) is 3.73. The first kappa shape index (κ1) is 16.2. The van der Waals surface area contributed by atoms with Gasteiger partial charge in [-0.25, -0.2) is 0 Å². The molecule has 0 saturated carbocycles. The highest BCUT2D eigenvalue weighted by molar-refractivity contribution is 7.08. The molecule has 0 fully saturated rings. The Morgan fingerprint density at radius 1 is 1.27 bits per heavy atom. The molecule has 0 bridgehead atoms. The lowest BCUT2D eigenvalue weighted by molar-refractivity contribution is -0.116. The number of amides is 1. The minimum atomic E-state index is -0.246. The molecule has 0 saturated heterocycles. The van der Waals surface area contributed by atoms with E-state index in [1.165, 1.54) is 6.08 Å². The van der Waals surface area contributed by atoms with Crippen LogP contribution in [0.15, 0.2) is 51.6 Å². The van der Waals surface area contributed by atoms with Gasteiger partial charge < -0.3 is 9.73 Å². The van der Waals surface area contributed by atoms with Crippen molar-refractivity contribution in [1.29, 1.82) is 0 Å². The topological polar surface area (TPSA) is 85.3 Å². The lowest BCUT2D eigenvalue weighted by Crippen LogP contribution is -2.22. The molecular formula is C18H15N5O2S. The van der Waals surface area contributed by atoms with Crippen LogP contribution in [0.2, 0.25) is 0 Å². The zero-order valence-corrected chi connectivity index (χ0v) is 14.7. The van der Waals surface area contributed by atoms with Crippen molar-refractivity contribution in [1.82, 2.24) is 25.1 Å². The van der Waals surface area contributed by atoms with Crippen molar-refractivity contribution in [2.45, 2.75) is 13.5 Å². The lowest BCUT2D eigenvalue weighted by Gasteiger charge is -2.02.